The number of halogens is 1. The Morgan fingerprint density at radius 2 is 2.04 bits per heavy atom. The highest BCUT2D eigenvalue weighted by molar-refractivity contribution is 6.33. The number of benzene rings is 1. The summed E-state index contributed by atoms with van der Waals surface area (Å²) in [6.45, 7) is 7.86. The Bertz CT molecular complexity index is 756. The average molecular weight is 378 g/mol. The molecule has 0 radical (unpaired) electrons. The number of anilines is 2. The van der Waals surface area contributed by atoms with Gasteiger partial charge in [0.1, 0.15) is 11.5 Å². The molecule has 2 amide bonds. The molecule has 1 fully saturated rings. The first-order valence-corrected chi connectivity index (χ1v) is 9.18. The number of aryl methyl sites for hydroxylation is 1. The van der Waals surface area contributed by atoms with Crippen LogP contribution in [0.15, 0.2) is 34.7 Å². The van der Waals surface area contributed by atoms with E-state index in [9.17, 15) is 4.79 Å². The molecular formula is C19H24ClN3O3. The van der Waals surface area contributed by atoms with E-state index in [4.69, 9.17) is 20.8 Å². The number of nitrogens with one attached hydrogen (secondary N) is 1. The third-order valence-electron chi connectivity index (χ3n) is 4.38. The maximum atomic E-state index is 12.7. The van der Waals surface area contributed by atoms with Crippen LogP contribution in [-0.4, -0.2) is 43.8 Å². The summed E-state index contributed by atoms with van der Waals surface area (Å²) in [4.78, 5) is 16.6. The van der Waals surface area contributed by atoms with Crippen molar-refractivity contribution in [3.8, 4) is 0 Å². The number of hydrogen-bond donors (Lipinski definition) is 1. The molecule has 26 heavy (non-hydrogen) atoms. The normalized spacial score (nSPS) is 14.3. The highest BCUT2D eigenvalue weighted by Crippen LogP contribution is 2.28. The van der Waals surface area contributed by atoms with Crippen molar-refractivity contribution >= 4 is 29.0 Å². The second-order valence-corrected chi connectivity index (χ2v) is 6.63. The van der Waals surface area contributed by atoms with Gasteiger partial charge in [-0.3, -0.25) is 0 Å². The third kappa shape index (κ3) is 4.51. The molecule has 0 aliphatic carbocycles. The van der Waals surface area contributed by atoms with E-state index in [-0.39, 0.29) is 6.03 Å². The van der Waals surface area contributed by atoms with Crippen LogP contribution in [0.4, 0.5) is 16.2 Å². The van der Waals surface area contributed by atoms with E-state index >= 15 is 0 Å². The summed E-state index contributed by atoms with van der Waals surface area (Å²) >= 11 is 6.30. The summed E-state index contributed by atoms with van der Waals surface area (Å²) in [7, 11) is 0. The molecule has 7 heteroatoms. The number of urea groups is 1. The zero-order valence-electron chi connectivity index (χ0n) is 15.1. The lowest BCUT2D eigenvalue weighted by molar-refractivity contribution is 0.122. The summed E-state index contributed by atoms with van der Waals surface area (Å²) in [5.74, 6) is 1.59. The van der Waals surface area contributed by atoms with Gasteiger partial charge in [0.2, 0.25) is 0 Å². The van der Waals surface area contributed by atoms with Crippen molar-refractivity contribution in [2.75, 3.05) is 43.1 Å². The Balaban J connectivity index is 1.70. The number of ether oxygens (including phenoxy) is 1. The molecule has 6 nitrogen and oxygen atoms in total. The van der Waals surface area contributed by atoms with E-state index in [2.05, 4.69) is 10.2 Å². The lowest BCUT2D eigenvalue weighted by Gasteiger charge is -2.29. The first-order chi connectivity index (χ1) is 12.6. The van der Waals surface area contributed by atoms with Gasteiger partial charge in [0.05, 0.1) is 30.5 Å². The van der Waals surface area contributed by atoms with Crippen molar-refractivity contribution in [3.05, 3.63) is 46.9 Å². The van der Waals surface area contributed by atoms with Gasteiger partial charge in [0.15, 0.2) is 0 Å². The minimum atomic E-state index is -0.206. The van der Waals surface area contributed by atoms with E-state index in [1.54, 1.807) is 4.90 Å². The Morgan fingerprint density at radius 1 is 1.27 bits per heavy atom. The number of furan rings is 1. The third-order valence-corrected chi connectivity index (χ3v) is 4.71. The van der Waals surface area contributed by atoms with E-state index in [0.29, 0.717) is 37.0 Å². The minimum absolute atomic E-state index is 0.206. The van der Waals surface area contributed by atoms with Gasteiger partial charge in [-0.05, 0) is 44.2 Å². The monoisotopic (exact) mass is 377 g/mol. The van der Waals surface area contributed by atoms with Gasteiger partial charge >= 0.3 is 6.03 Å². The number of carbonyl (C=O) groups excluding carboxylic acids is 1. The fraction of sp³-hybridized carbons (Fsp3) is 0.421. The topological polar surface area (TPSA) is 58.0 Å². The molecular weight excluding hydrogens is 354 g/mol. The van der Waals surface area contributed by atoms with Crippen LogP contribution in [0.3, 0.4) is 0 Å². The van der Waals surface area contributed by atoms with Crippen LogP contribution < -0.4 is 10.2 Å². The zero-order chi connectivity index (χ0) is 18.5. The lowest BCUT2D eigenvalue weighted by atomic mass is 10.2. The van der Waals surface area contributed by atoms with Crippen LogP contribution in [0.5, 0.6) is 0 Å². The molecule has 1 aromatic heterocycles. The molecule has 140 valence electrons. The SMILES string of the molecule is CCN(Cc1ccc(C)o1)C(=O)Nc1cc(N2CCOCC2)ccc1Cl. The van der Waals surface area contributed by atoms with E-state index in [1.165, 1.54) is 0 Å². The van der Waals surface area contributed by atoms with Crippen LogP contribution in [0, 0.1) is 6.92 Å². The van der Waals surface area contributed by atoms with Crippen molar-refractivity contribution in [3.63, 3.8) is 0 Å². The second kappa shape index (κ2) is 8.47. The standard InChI is InChI=1S/C19H24ClN3O3/c1-3-22(13-16-6-4-14(2)26-16)19(24)21-18-12-15(5-7-17(18)20)23-8-10-25-11-9-23/h4-7,12H,3,8-11,13H2,1-2H3,(H,21,24). The van der Waals surface area contributed by atoms with Crippen LogP contribution >= 0.6 is 11.6 Å². The lowest BCUT2D eigenvalue weighted by Crippen LogP contribution is -2.36. The second-order valence-electron chi connectivity index (χ2n) is 6.22. The fourth-order valence-corrected chi connectivity index (χ4v) is 3.07. The molecule has 2 heterocycles. The summed E-state index contributed by atoms with van der Waals surface area (Å²) < 4.78 is 11.0. The summed E-state index contributed by atoms with van der Waals surface area (Å²) in [6, 6.07) is 9.26. The molecule has 0 bridgehead atoms. The first-order valence-electron chi connectivity index (χ1n) is 8.80. The van der Waals surface area contributed by atoms with Gasteiger partial charge in [-0.25, -0.2) is 4.79 Å². The molecule has 0 atom stereocenters. The smallest absolute Gasteiger partial charge is 0.322 e. The molecule has 0 spiro atoms. The van der Waals surface area contributed by atoms with Crippen LogP contribution in [0.25, 0.3) is 0 Å². The molecule has 2 aromatic rings. The Labute approximate surface area is 158 Å². The van der Waals surface area contributed by atoms with E-state index in [1.807, 2.05) is 44.2 Å². The summed E-state index contributed by atoms with van der Waals surface area (Å²) in [5.41, 5.74) is 1.63. The average Bonchev–Trinajstić information content (AvgIpc) is 3.07. The predicted molar refractivity (Wildman–Crippen MR) is 103 cm³/mol. The number of rotatable bonds is 5. The van der Waals surface area contributed by atoms with Crippen molar-refractivity contribution in [2.24, 2.45) is 0 Å². The molecule has 3 rings (SSSR count). The van der Waals surface area contributed by atoms with Crippen LogP contribution in [0.2, 0.25) is 5.02 Å². The van der Waals surface area contributed by atoms with Gasteiger partial charge in [0.25, 0.3) is 0 Å². The number of morpholine rings is 1. The Morgan fingerprint density at radius 3 is 2.69 bits per heavy atom. The molecule has 1 aromatic carbocycles. The molecule has 1 saturated heterocycles. The largest absolute Gasteiger partial charge is 0.464 e. The summed E-state index contributed by atoms with van der Waals surface area (Å²) in [5, 5.41) is 3.44. The maximum Gasteiger partial charge on any atom is 0.322 e. The molecule has 1 N–H and O–H groups in total. The van der Waals surface area contributed by atoms with Crippen molar-refractivity contribution in [1.29, 1.82) is 0 Å². The van der Waals surface area contributed by atoms with Crippen LogP contribution in [-0.2, 0) is 11.3 Å². The van der Waals surface area contributed by atoms with Gasteiger partial charge in [-0.1, -0.05) is 11.6 Å². The van der Waals surface area contributed by atoms with Gasteiger partial charge < -0.3 is 24.3 Å². The Kier molecular flexibility index (Phi) is 6.06. The van der Waals surface area contributed by atoms with Crippen molar-refractivity contribution in [1.82, 2.24) is 4.90 Å². The maximum absolute atomic E-state index is 12.7. The predicted octanol–water partition coefficient (Wildman–Crippen LogP) is 4.13. The molecule has 1 aliphatic rings. The van der Waals surface area contributed by atoms with Crippen molar-refractivity contribution < 1.29 is 13.9 Å². The number of hydrogen-bond acceptors (Lipinski definition) is 4. The zero-order valence-corrected chi connectivity index (χ0v) is 15.9. The first kappa shape index (κ1) is 18.6. The summed E-state index contributed by atoms with van der Waals surface area (Å²) in [6.07, 6.45) is 0. The van der Waals surface area contributed by atoms with E-state index in [0.717, 1.165) is 30.3 Å². The number of amides is 2. The minimum Gasteiger partial charge on any atom is -0.464 e. The highest BCUT2D eigenvalue weighted by Gasteiger charge is 2.17. The molecule has 0 unspecified atom stereocenters. The van der Waals surface area contributed by atoms with Crippen molar-refractivity contribution in [2.45, 2.75) is 20.4 Å². The Hall–Kier alpha value is -2.18. The number of carbonyl (C=O) groups is 1. The van der Waals surface area contributed by atoms with Gasteiger partial charge in [-0.15, -0.1) is 0 Å². The van der Waals surface area contributed by atoms with E-state index < -0.39 is 0 Å². The van der Waals surface area contributed by atoms with Gasteiger partial charge in [-0.2, -0.15) is 0 Å². The molecule has 1 aliphatic heterocycles. The molecule has 0 saturated carbocycles. The van der Waals surface area contributed by atoms with Crippen LogP contribution in [0.1, 0.15) is 18.4 Å². The van der Waals surface area contributed by atoms with Gasteiger partial charge in [0, 0.05) is 25.3 Å². The number of nitrogens with zero attached hydrogens (tertiary/aromatic N) is 2. The fourth-order valence-electron chi connectivity index (χ4n) is 2.91. The highest BCUT2D eigenvalue weighted by atomic mass is 35.5. The quantitative estimate of drug-likeness (QED) is 0.851.